The van der Waals surface area contributed by atoms with Gasteiger partial charge in [0.05, 0.1) is 11.8 Å². The monoisotopic (exact) mass is 371 g/mol. The largest absolute Gasteiger partial charge is 0.456 e. The molecule has 0 spiro atoms. The van der Waals surface area contributed by atoms with Crippen molar-refractivity contribution in [2.45, 2.75) is 52.0 Å². The van der Waals surface area contributed by atoms with Gasteiger partial charge < -0.3 is 4.74 Å². The van der Waals surface area contributed by atoms with E-state index < -0.39 is 18.6 Å². The minimum Gasteiger partial charge on any atom is -0.456 e. The Morgan fingerprint density at radius 2 is 1.63 bits per heavy atom. The predicted molar refractivity (Wildman–Crippen MR) is 97.9 cm³/mol. The van der Waals surface area contributed by atoms with E-state index in [4.69, 9.17) is 4.74 Å². The third kappa shape index (κ3) is 3.80. The molecule has 2 aliphatic rings. The molecule has 3 atom stereocenters. The number of Topliss-reactive ketones (excluding diaryl/α,β-unsaturated/α-hetero) is 1. The molecular weight excluding hydrogens is 346 g/mol. The molecule has 1 saturated heterocycles. The van der Waals surface area contributed by atoms with E-state index in [9.17, 15) is 19.2 Å². The van der Waals surface area contributed by atoms with Crippen LogP contribution in [-0.4, -0.2) is 41.1 Å². The second-order valence-corrected chi connectivity index (χ2v) is 7.30. The molecule has 3 rings (SSSR count). The number of nitrogens with zero attached hydrogens (tertiary/aromatic N) is 1. The first-order valence-corrected chi connectivity index (χ1v) is 9.59. The lowest BCUT2D eigenvalue weighted by atomic mass is 9.81. The highest BCUT2D eigenvalue weighted by molar-refractivity contribution is 6.08. The van der Waals surface area contributed by atoms with Gasteiger partial charge >= 0.3 is 5.97 Å². The van der Waals surface area contributed by atoms with Crippen molar-refractivity contribution in [3.8, 4) is 0 Å². The molecule has 1 saturated carbocycles. The summed E-state index contributed by atoms with van der Waals surface area (Å²) in [6.45, 7) is 3.10. The summed E-state index contributed by atoms with van der Waals surface area (Å²) < 4.78 is 5.10. The van der Waals surface area contributed by atoms with E-state index in [0.29, 0.717) is 18.4 Å². The van der Waals surface area contributed by atoms with Gasteiger partial charge in [0.25, 0.3) is 0 Å². The predicted octanol–water partition coefficient (Wildman–Crippen LogP) is 2.54. The van der Waals surface area contributed by atoms with Crippen molar-refractivity contribution in [2.24, 2.45) is 11.8 Å². The number of rotatable bonds is 6. The van der Waals surface area contributed by atoms with Crippen LogP contribution in [-0.2, 0) is 25.5 Å². The summed E-state index contributed by atoms with van der Waals surface area (Å²) in [5, 5.41) is 0. The van der Waals surface area contributed by atoms with Gasteiger partial charge in [-0.1, -0.05) is 44.0 Å². The number of carbonyl (C=O) groups excluding carboxylic acids is 4. The molecule has 0 unspecified atom stereocenters. The number of likely N-dealkylation sites (tertiary alicyclic amines) is 1. The first-order valence-electron chi connectivity index (χ1n) is 9.59. The molecule has 0 bridgehead atoms. The highest BCUT2D eigenvalue weighted by Crippen LogP contribution is 2.38. The minimum atomic E-state index is -1.01. The fraction of sp³-hybridized carbons (Fsp3) is 0.524. The lowest BCUT2D eigenvalue weighted by Gasteiger charge is -2.21. The number of amides is 2. The van der Waals surface area contributed by atoms with Gasteiger partial charge in [-0.15, -0.1) is 0 Å². The summed E-state index contributed by atoms with van der Waals surface area (Å²) in [5.74, 6) is -2.22. The van der Waals surface area contributed by atoms with Crippen LogP contribution in [0.25, 0.3) is 0 Å². The maximum Gasteiger partial charge on any atom is 0.329 e. The molecule has 0 radical (unpaired) electrons. The van der Waals surface area contributed by atoms with E-state index in [-0.39, 0.29) is 29.4 Å². The maximum atomic E-state index is 12.5. The fourth-order valence-corrected chi connectivity index (χ4v) is 3.94. The number of ketones is 1. The van der Waals surface area contributed by atoms with Crippen LogP contribution in [0.5, 0.6) is 0 Å². The zero-order valence-electron chi connectivity index (χ0n) is 15.8. The second kappa shape index (κ2) is 8.03. The van der Waals surface area contributed by atoms with E-state index >= 15 is 0 Å². The molecule has 0 aromatic heterocycles. The Labute approximate surface area is 158 Å². The van der Waals surface area contributed by atoms with Crippen LogP contribution in [0.15, 0.2) is 24.3 Å². The fourth-order valence-electron chi connectivity index (χ4n) is 3.94. The SMILES string of the molecule is CCc1ccc(C(=O)COC(=O)[C@H](C)N2C(=O)[C@H]3CCCC[C@H]3C2=O)cc1. The third-order valence-electron chi connectivity index (χ3n) is 5.63. The highest BCUT2D eigenvalue weighted by atomic mass is 16.5. The van der Waals surface area contributed by atoms with Gasteiger partial charge in [-0.3, -0.25) is 19.3 Å². The van der Waals surface area contributed by atoms with E-state index in [1.54, 1.807) is 12.1 Å². The second-order valence-electron chi connectivity index (χ2n) is 7.30. The quantitative estimate of drug-likeness (QED) is 0.436. The Hall–Kier alpha value is -2.50. The lowest BCUT2D eigenvalue weighted by molar-refractivity contribution is -0.157. The van der Waals surface area contributed by atoms with Gasteiger partial charge in [0.15, 0.2) is 12.4 Å². The van der Waals surface area contributed by atoms with Crippen LogP contribution in [0, 0.1) is 11.8 Å². The first-order chi connectivity index (χ1) is 12.9. The molecule has 1 aliphatic carbocycles. The lowest BCUT2D eigenvalue weighted by Crippen LogP contribution is -2.44. The van der Waals surface area contributed by atoms with Crippen molar-refractivity contribution in [1.29, 1.82) is 0 Å². The molecular formula is C21H25NO5. The number of aryl methyl sites for hydroxylation is 1. The summed E-state index contributed by atoms with van der Waals surface area (Å²) in [5.41, 5.74) is 1.58. The zero-order chi connectivity index (χ0) is 19.6. The van der Waals surface area contributed by atoms with E-state index in [1.165, 1.54) is 6.92 Å². The number of esters is 1. The Morgan fingerprint density at radius 1 is 1.07 bits per heavy atom. The number of imide groups is 1. The summed E-state index contributed by atoms with van der Waals surface area (Å²) in [4.78, 5) is 50.7. The number of fused-ring (bicyclic) bond motifs is 1. The Kier molecular flexibility index (Phi) is 5.73. The maximum absolute atomic E-state index is 12.5. The van der Waals surface area contributed by atoms with Crippen molar-refractivity contribution in [1.82, 2.24) is 4.90 Å². The molecule has 2 amide bonds. The van der Waals surface area contributed by atoms with Crippen LogP contribution in [0.1, 0.15) is 55.5 Å². The minimum absolute atomic E-state index is 0.282. The van der Waals surface area contributed by atoms with E-state index in [2.05, 4.69) is 0 Å². The zero-order valence-corrected chi connectivity index (χ0v) is 15.8. The molecule has 144 valence electrons. The van der Waals surface area contributed by atoms with Gasteiger partial charge in [0.2, 0.25) is 11.8 Å². The normalized spacial score (nSPS) is 23.1. The number of hydrogen-bond acceptors (Lipinski definition) is 5. The van der Waals surface area contributed by atoms with Crippen LogP contribution in [0.2, 0.25) is 0 Å². The average molecular weight is 371 g/mol. The van der Waals surface area contributed by atoms with E-state index in [1.807, 2.05) is 19.1 Å². The molecule has 1 aliphatic heterocycles. The Bertz CT molecular complexity index is 730. The van der Waals surface area contributed by atoms with Crippen molar-refractivity contribution in [2.75, 3.05) is 6.61 Å². The molecule has 1 heterocycles. The standard InChI is InChI=1S/C21H25NO5/c1-3-14-8-10-15(11-9-14)18(23)12-27-21(26)13(2)22-19(24)16-6-4-5-7-17(16)20(22)25/h8-11,13,16-17H,3-7,12H2,1-2H3/t13-,16-,17+/m0/s1. The number of hydrogen-bond donors (Lipinski definition) is 0. The molecule has 27 heavy (non-hydrogen) atoms. The van der Waals surface area contributed by atoms with Crippen LogP contribution in [0.4, 0.5) is 0 Å². The van der Waals surface area contributed by atoms with Gasteiger partial charge in [-0.05, 0) is 31.7 Å². The number of carbonyl (C=O) groups is 4. The molecule has 0 N–H and O–H groups in total. The van der Waals surface area contributed by atoms with Crippen LogP contribution >= 0.6 is 0 Å². The average Bonchev–Trinajstić information content (AvgIpc) is 2.96. The number of benzene rings is 1. The molecule has 1 aromatic rings. The third-order valence-corrected chi connectivity index (χ3v) is 5.63. The van der Waals surface area contributed by atoms with Crippen LogP contribution in [0.3, 0.4) is 0 Å². The van der Waals surface area contributed by atoms with Gasteiger partial charge in [-0.2, -0.15) is 0 Å². The Balaban J connectivity index is 1.59. The van der Waals surface area contributed by atoms with Crippen LogP contribution < -0.4 is 0 Å². The molecule has 2 fully saturated rings. The van der Waals surface area contributed by atoms with Crippen molar-refractivity contribution in [3.05, 3.63) is 35.4 Å². The summed E-state index contributed by atoms with van der Waals surface area (Å²) >= 11 is 0. The van der Waals surface area contributed by atoms with Gasteiger partial charge in [-0.25, -0.2) is 4.79 Å². The molecule has 6 nitrogen and oxygen atoms in total. The number of ether oxygens (including phenoxy) is 1. The van der Waals surface area contributed by atoms with Gasteiger partial charge in [0, 0.05) is 5.56 Å². The molecule has 1 aromatic carbocycles. The first kappa shape index (κ1) is 19.3. The summed E-state index contributed by atoms with van der Waals surface area (Å²) in [6, 6.07) is 6.13. The topological polar surface area (TPSA) is 80.8 Å². The van der Waals surface area contributed by atoms with Crippen molar-refractivity contribution in [3.63, 3.8) is 0 Å². The van der Waals surface area contributed by atoms with Crippen molar-refractivity contribution < 1.29 is 23.9 Å². The van der Waals surface area contributed by atoms with E-state index in [0.717, 1.165) is 29.7 Å². The summed E-state index contributed by atoms with van der Waals surface area (Å²) in [6.07, 6.45) is 4.12. The van der Waals surface area contributed by atoms with Crippen molar-refractivity contribution >= 4 is 23.6 Å². The summed E-state index contributed by atoms with van der Waals surface area (Å²) in [7, 11) is 0. The van der Waals surface area contributed by atoms with Gasteiger partial charge in [0.1, 0.15) is 6.04 Å². The smallest absolute Gasteiger partial charge is 0.329 e. The molecule has 6 heteroatoms. The Morgan fingerprint density at radius 3 is 2.15 bits per heavy atom. The highest BCUT2D eigenvalue weighted by Gasteiger charge is 2.51.